The van der Waals surface area contributed by atoms with E-state index in [0.717, 1.165) is 6.42 Å². The molecular formula is C14H19N. The Kier molecular flexibility index (Phi) is 3.57. The van der Waals surface area contributed by atoms with Crippen LogP contribution in [0.4, 0.5) is 0 Å². The van der Waals surface area contributed by atoms with Crippen LogP contribution in [-0.4, -0.2) is 6.04 Å². The molecule has 0 radical (unpaired) electrons. The van der Waals surface area contributed by atoms with Gasteiger partial charge >= 0.3 is 0 Å². The van der Waals surface area contributed by atoms with E-state index in [0.29, 0.717) is 6.04 Å². The molecule has 1 aromatic carbocycles. The van der Waals surface area contributed by atoms with Crippen molar-refractivity contribution in [2.75, 3.05) is 0 Å². The summed E-state index contributed by atoms with van der Waals surface area (Å²) >= 11 is 0. The highest BCUT2D eigenvalue weighted by Crippen LogP contribution is 2.22. The van der Waals surface area contributed by atoms with Crippen molar-refractivity contribution < 1.29 is 0 Å². The maximum atomic E-state index is 5.88. The highest BCUT2D eigenvalue weighted by molar-refractivity contribution is 5.19. The Morgan fingerprint density at radius 3 is 2.47 bits per heavy atom. The van der Waals surface area contributed by atoms with E-state index in [9.17, 15) is 0 Å². The average Bonchev–Trinajstić information content (AvgIpc) is 2.30. The second-order valence-electron chi connectivity index (χ2n) is 4.39. The van der Waals surface area contributed by atoms with Crippen LogP contribution >= 0.6 is 0 Å². The fourth-order valence-corrected chi connectivity index (χ4v) is 2.09. The van der Waals surface area contributed by atoms with E-state index >= 15 is 0 Å². The van der Waals surface area contributed by atoms with Gasteiger partial charge in [-0.3, -0.25) is 0 Å². The predicted molar refractivity (Wildman–Crippen MR) is 64.7 cm³/mol. The lowest BCUT2D eigenvalue weighted by Crippen LogP contribution is -2.23. The zero-order valence-electron chi connectivity index (χ0n) is 9.15. The Morgan fingerprint density at radius 2 is 1.80 bits per heavy atom. The molecule has 1 heteroatoms. The molecule has 0 spiro atoms. The summed E-state index contributed by atoms with van der Waals surface area (Å²) in [6.45, 7) is 0. The van der Waals surface area contributed by atoms with Gasteiger partial charge in [-0.15, -0.1) is 0 Å². The van der Waals surface area contributed by atoms with Gasteiger partial charge in [0.2, 0.25) is 0 Å². The SMILES string of the molecule is NC1CCC(=CCc2ccccc2)CC1. The fourth-order valence-electron chi connectivity index (χ4n) is 2.09. The topological polar surface area (TPSA) is 26.0 Å². The first kappa shape index (κ1) is 10.4. The van der Waals surface area contributed by atoms with Crippen LogP contribution in [-0.2, 0) is 6.42 Å². The van der Waals surface area contributed by atoms with Crippen LogP contribution in [0.25, 0.3) is 0 Å². The van der Waals surface area contributed by atoms with Crippen molar-refractivity contribution in [1.82, 2.24) is 0 Å². The van der Waals surface area contributed by atoms with Gasteiger partial charge in [-0.2, -0.15) is 0 Å². The third kappa shape index (κ3) is 3.21. The molecule has 15 heavy (non-hydrogen) atoms. The second kappa shape index (κ2) is 5.13. The van der Waals surface area contributed by atoms with E-state index in [1.807, 2.05) is 0 Å². The summed E-state index contributed by atoms with van der Waals surface area (Å²) < 4.78 is 0. The number of hydrogen-bond acceptors (Lipinski definition) is 1. The number of nitrogens with two attached hydrogens (primary N) is 1. The molecule has 1 aromatic rings. The quantitative estimate of drug-likeness (QED) is 0.731. The predicted octanol–water partition coefficient (Wildman–Crippen LogP) is 3.06. The standard InChI is InChI=1S/C14H19N/c15-14-10-8-13(9-11-14)7-6-12-4-2-1-3-5-12/h1-5,7,14H,6,8-11,15H2. The summed E-state index contributed by atoms with van der Waals surface area (Å²) in [7, 11) is 0. The van der Waals surface area contributed by atoms with E-state index in [2.05, 4.69) is 36.4 Å². The zero-order valence-corrected chi connectivity index (χ0v) is 9.15. The first-order chi connectivity index (χ1) is 7.34. The fraction of sp³-hybridized carbons (Fsp3) is 0.429. The molecule has 80 valence electrons. The van der Waals surface area contributed by atoms with E-state index in [1.54, 1.807) is 5.57 Å². The molecule has 0 unspecified atom stereocenters. The first-order valence-electron chi connectivity index (χ1n) is 5.82. The summed E-state index contributed by atoms with van der Waals surface area (Å²) in [5.41, 5.74) is 8.88. The molecule has 0 saturated heterocycles. The van der Waals surface area contributed by atoms with Gasteiger partial charge in [-0.1, -0.05) is 42.0 Å². The van der Waals surface area contributed by atoms with Crippen LogP contribution < -0.4 is 5.73 Å². The summed E-state index contributed by atoms with van der Waals surface area (Å²) in [6, 6.07) is 11.1. The molecule has 0 bridgehead atoms. The van der Waals surface area contributed by atoms with Crippen molar-refractivity contribution in [2.45, 2.75) is 38.1 Å². The highest BCUT2D eigenvalue weighted by atomic mass is 14.6. The normalized spacial score (nSPS) is 21.4. The third-order valence-electron chi connectivity index (χ3n) is 3.14. The van der Waals surface area contributed by atoms with Gasteiger partial charge in [0.25, 0.3) is 0 Å². The minimum absolute atomic E-state index is 0.443. The number of allylic oxidation sites excluding steroid dienone is 2. The van der Waals surface area contributed by atoms with E-state index < -0.39 is 0 Å². The van der Waals surface area contributed by atoms with Gasteiger partial charge in [-0.05, 0) is 37.7 Å². The van der Waals surface area contributed by atoms with Crippen molar-refractivity contribution in [3.8, 4) is 0 Å². The Balaban J connectivity index is 1.89. The molecule has 1 aliphatic rings. The van der Waals surface area contributed by atoms with Gasteiger partial charge in [0, 0.05) is 6.04 Å². The van der Waals surface area contributed by atoms with Crippen molar-refractivity contribution in [1.29, 1.82) is 0 Å². The lowest BCUT2D eigenvalue weighted by Gasteiger charge is -2.20. The van der Waals surface area contributed by atoms with Crippen LogP contribution in [0.3, 0.4) is 0 Å². The molecule has 0 atom stereocenters. The molecular weight excluding hydrogens is 182 g/mol. The van der Waals surface area contributed by atoms with Gasteiger partial charge in [-0.25, -0.2) is 0 Å². The van der Waals surface area contributed by atoms with Crippen molar-refractivity contribution in [3.05, 3.63) is 47.5 Å². The monoisotopic (exact) mass is 201 g/mol. The number of benzene rings is 1. The van der Waals surface area contributed by atoms with E-state index in [1.165, 1.54) is 31.2 Å². The molecule has 1 saturated carbocycles. The van der Waals surface area contributed by atoms with E-state index in [4.69, 9.17) is 5.73 Å². The Hall–Kier alpha value is -1.08. The molecule has 1 nitrogen and oxygen atoms in total. The minimum Gasteiger partial charge on any atom is -0.328 e. The molecule has 1 aliphatic carbocycles. The molecule has 0 amide bonds. The van der Waals surface area contributed by atoms with Gasteiger partial charge in [0.15, 0.2) is 0 Å². The van der Waals surface area contributed by atoms with Crippen molar-refractivity contribution in [3.63, 3.8) is 0 Å². The van der Waals surface area contributed by atoms with Crippen LogP contribution in [0.15, 0.2) is 42.0 Å². The largest absolute Gasteiger partial charge is 0.328 e. The van der Waals surface area contributed by atoms with Gasteiger partial charge in [0.05, 0.1) is 0 Å². The molecule has 2 N–H and O–H groups in total. The summed E-state index contributed by atoms with van der Waals surface area (Å²) in [5, 5.41) is 0. The zero-order chi connectivity index (χ0) is 10.5. The van der Waals surface area contributed by atoms with Gasteiger partial charge in [0.1, 0.15) is 0 Å². The summed E-state index contributed by atoms with van der Waals surface area (Å²) in [6.07, 6.45) is 8.20. The Labute approximate surface area is 92.0 Å². The van der Waals surface area contributed by atoms with Crippen molar-refractivity contribution in [2.24, 2.45) is 5.73 Å². The Bertz CT molecular complexity index is 316. The number of hydrogen-bond donors (Lipinski definition) is 1. The minimum atomic E-state index is 0.443. The van der Waals surface area contributed by atoms with Crippen LogP contribution in [0.1, 0.15) is 31.2 Å². The second-order valence-corrected chi connectivity index (χ2v) is 4.39. The molecule has 0 heterocycles. The maximum Gasteiger partial charge on any atom is 0.00449 e. The van der Waals surface area contributed by atoms with Crippen LogP contribution in [0.2, 0.25) is 0 Å². The lowest BCUT2D eigenvalue weighted by atomic mass is 9.90. The molecule has 1 fully saturated rings. The third-order valence-corrected chi connectivity index (χ3v) is 3.14. The van der Waals surface area contributed by atoms with Crippen LogP contribution in [0.5, 0.6) is 0 Å². The summed E-state index contributed by atoms with van der Waals surface area (Å²) in [4.78, 5) is 0. The van der Waals surface area contributed by atoms with E-state index in [-0.39, 0.29) is 0 Å². The van der Waals surface area contributed by atoms with Crippen molar-refractivity contribution >= 4 is 0 Å². The van der Waals surface area contributed by atoms with Gasteiger partial charge < -0.3 is 5.73 Å². The lowest BCUT2D eigenvalue weighted by molar-refractivity contribution is 0.510. The highest BCUT2D eigenvalue weighted by Gasteiger charge is 2.11. The maximum absolute atomic E-state index is 5.88. The number of rotatable bonds is 2. The first-order valence-corrected chi connectivity index (χ1v) is 5.82. The molecule has 0 aliphatic heterocycles. The Morgan fingerprint density at radius 1 is 1.13 bits per heavy atom. The summed E-state index contributed by atoms with van der Waals surface area (Å²) in [5.74, 6) is 0. The smallest absolute Gasteiger partial charge is 0.00449 e. The molecule has 0 aromatic heterocycles. The molecule has 2 rings (SSSR count). The average molecular weight is 201 g/mol. The van der Waals surface area contributed by atoms with Crippen LogP contribution in [0, 0.1) is 0 Å².